The van der Waals surface area contributed by atoms with Crippen molar-refractivity contribution in [3.05, 3.63) is 65.9 Å². The summed E-state index contributed by atoms with van der Waals surface area (Å²) in [6.45, 7) is 1.99. The van der Waals surface area contributed by atoms with Crippen LogP contribution in [0.3, 0.4) is 0 Å². The van der Waals surface area contributed by atoms with Gasteiger partial charge in [-0.05, 0) is 36.8 Å². The predicted octanol–water partition coefficient (Wildman–Crippen LogP) is 3.68. The molecule has 4 heteroatoms. The lowest BCUT2D eigenvalue weighted by molar-refractivity contribution is 0.0932. The van der Waals surface area contributed by atoms with E-state index < -0.39 is 0 Å². The van der Waals surface area contributed by atoms with E-state index in [4.69, 9.17) is 4.74 Å². The first-order valence-electron chi connectivity index (χ1n) is 7.59. The van der Waals surface area contributed by atoms with Crippen molar-refractivity contribution in [2.45, 2.75) is 13.0 Å². The number of ether oxygens (including phenoxy) is 1. The molecular weight excluding hydrogens is 288 g/mol. The first kappa shape index (κ1) is 15.2. The smallest absolute Gasteiger partial charge is 0.268 e. The number of methoxy groups -OCH3 is 1. The molecule has 0 saturated carbocycles. The maximum absolute atomic E-state index is 12.6. The molecule has 0 radical (unpaired) electrons. The molecule has 2 aromatic carbocycles. The van der Waals surface area contributed by atoms with E-state index in [9.17, 15) is 4.79 Å². The van der Waals surface area contributed by atoms with Gasteiger partial charge in [-0.25, -0.2) is 0 Å². The van der Waals surface area contributed by atoms with Crippen LogP contribution in [0.2, 0.25) is 0 Å². The fourth-order valence-corrected chi connectivity index (χ4v) is 2.77. The molecule has 0 unspecified atom stereocenters. The summed E-state index contributed by atoms with van der Waals surface area (Å²) < 4.78 is 7.15. The summed E-state index contributed by atoms with van der Waals surface area (Å²) in [6.07, 6.45) is 0. The van der Waals surface area contributed by atoms with Gasteiger partial charge in [0.25, 0.3) is 5.91 Å². The molecule has 1 heterocycles. The number of aromatic nitrogens is 1. The molecular formula is C19H20N2O2. The SMILES string of the molecule is COc1ccc2c(c1)cc(C(=O)N[C@H](C)c1ccccc1)n2C. The minimum atomic E-state index is -0.0842. The van der Waals surface area contributed by atoms with Crippen LogP contribution in [0.4, 0.5) is 0 Å². The summed E-state index contributed by atoms with van der Waals surface area (Å²) in [5.41, 5.74) is 2.72. The van der Waals surface area contributed by atoms with Crippen LogP contribution in [0.15, 0.2) is 54.6 Å². The van der Waals surface area contributed by atoms with E-state index in [0.717, 1.165) is 22.2 Å². The molecule has 118 valence electrons. The van der Waals surface area contributed by atoms with E-state index in [1.54, 1.807) is 7.11 Å². The normalized spacial score (nSPS) is 12.1. The predicted molar refractivity (Wildman–Crippen MR) is 91.8 cm³/mol. The lowest BCUT2D eigenvalue weighted by atomic mass is 10.1. The number of hydrogen-bond acceptors (Lipinski definition) is 2. The number of amides is 1. The van der Waals surface area contributed by atoms with Crippen molar-refractivity contribution in [2.75, 3.05) is 7.11 Å². The topological polar surface area (TPSA) is 43.3 Å². The van der Waals surface area contributed by atoms with Crippen molar-refractivity contribution < 1.29 is 9.53 Å². The molecule has 1 atom stereocenters. The third-order valence-corrected chi connectivity index (χ3v) is 4.13. The van der Waals surface area contributed by atoms with Crippen molar-refractivity contribution in [2.24, 2.45) is 7.05 Å². The number of nitrogens with one attached hydrogen (secondary N) is 1. The fraction of sp³-hybridized carbons (Fsp3) is 0.211. The summed E-state index contributed by atoms with van der Waals surface area (Å²) >= 11 is 0. The van der Waals surface area contributed by atoms with Crippen LogP contribution in [0.5, 0.6) is 5.75 Å². The van der Waals surface area contributed by atoms with Gasteiger partial charge in [-0.2, -0.15) is 0 Å². The number of nitrogens with zero attached hydrogens (tertiary/aromatic N) is 1. The van der Waals surface area contributed by atoms with Crippen LogP contribution < -0.4 is 10.1 Å². The summed E-state index contributed by atoms with van der Waals surface area (Å²) in [5.74, 6) is 0.701. The third-order valence-electron chi connectivity index (χ3n) is 4.13. The van der Waals surface area contributed by atoms with Crippen LogP contribution >= 0.6 is 0 Å². The van der Waals surface area contributed by atoms with E-state index in [2.05, 4.69) is 5.32 Å². The Kier molecular flexibility index (Phi) is 4.06. The van der Waals surface area contributed by atoms with E-state index in [0.29, 0.717) is 5.69 Å². The Morgan fingerprint density at radius 3 is 2.57 bits per heavy atom. The van der Waals surface area contributed by atoms with Crippen LogP contribution in [-0.2, 0) is 7.05 Å². The average Bonchev–Trinajstić information content (AvgIpc) is 2.92. The maximum atomic E-state index is 12.6. The number of carbonyl (C=O) groups excluding carboxylic acids is 1. The van der Waals surface area contributed by atoms with Crippen molar-refractivity contribution in [1.82, 2.24) is 9.88 Å². The Labute approximate surface area is 135 Å². The monoisotopic (exact) mass is 308 g/mol. The van der Waals surface area contributed by atoms with Gasteiger partial charge in [-0.3, -0.25) is 4.79 Å². The highest BCUT2D eigenvalue weighted by Crippen LogP contribution is 2.24. The number of rotatable bonds is 4. The summed E-state index contributed by atoms with van der Waals surface area (Å²) in [7, 11) is 3.54. The molecule has 0 saturated heterocycles. The van der Waals surface area contributed by atoms with Crippen LogP contribution in [0.1, 0.15) is 29.0 Å². The van der Waals surface area contributed by atoms with Gasteiger partial charge in [0.2, 0.25) is 0 Å². The quantitative estimate of drug-likeness (QED) is 0.799. The number of fused-ring (bicyclic) bond motifs is 1. The first-order chi connectivity index (χ1) is 11.1. The lowest BCUT2D eigenvalue weighted by Gasteiger charge is -2.14. The van der Waals surface area contributed by atoms with E-state index >= 15 is 0 Å². The van der Waals surface area contributed by atoms with E-state index in [-0.39, 0.29) is 11.9 Å². The molecule has 3 aromatic rings. The van der Waals surface area contributed by atoms with Crippen molar-refractivity contribution in [1.29, 1.82) is 0 Å². The van der Waals surface area contributed by atoms with Gasteiger partial charge in [0.1, 0.15) is 11.4 Å². The number of hydrogen-bond donors (Lipinski definition) is 1. The summed E-state index contributed by atoms with van der Waals surface area (Å²) in [6, 6.07) is 17.6. The number of carbonyl (C=O) groups is 1. The number of benzene rings is 2. The summed E-state index contributed by atoms with van der Waals surface area (Å²) in [4.78, 5) is 12.6. The fourth-order valence-electron chi connectivity index (χ4n) is 2.77. The summed E-state index contributed by atoms with van der Waals surface area (Å²) in [5, 5.41) is 4.04. The van der Waals surface area contributed by atoms with Crippen LogP contribution in [0, 0.1) is 0 Å². The first-order valence-corrected chi connectivity index (χ1v) is 7.59. The standard InChI is InChI=1S/C19H20N2O2/c1-13(14-7-5-4-6-8-14)20-19(22)18-12-15-11-16(23-3)9-10-17(15)21(18)2/h4-13H,1-3H3,(H,20,22)/t13-/m1/s1. The molecule has 0 spiro atoms. The van der Waals surface area contributed by atoms with Gasteiger partial charge in [0.05, 0.1) is 13.2 Å². The zero-order chi connectivity index (χ0) is 16.4. The largest absolute Gasteiger partial charge is 0.497 e. The maximum Gasteiger partial charge on any atom is 0.268 e. The van der Waals surface area contributed by atoms with Crippen molar-refractivity contribution in [3.63, 3.8) is 0 Å². The Balaban J connectivity index is 1.87. The van der Waals surface area contributed by atoms with E-state index in [1.165, 1.54) is 0 Å². The van der Waals surface area contributed by atoms with Crippen molar-refractivity contribution in [3.8, 4) is 5.75 Å². The molecule has 0 aliphatic carbocycles. The molecule has 3 rings (SSSR count). The zero-order valence-corrected chi connectivity index (χ0v) is 13.5. The minimum absolute atomic E-state index is 0.0451. The molecule has 1 N–H and O–H groups in total. The molecule has 4 nitrogen and oxygen atoms in total. The van der Waals surface area contributed by atoms with Crippen LogP contribution in [-0.4, -0.2) is 17.6 Å². The highest BCUT2D eigenvalue weighted by molar-refractivity contribution is 5.99. The van der Waals surface area contributed by atoms with Gasteiger partial charge >= 0.3 is 0 Å². The Morgan fingerprint density at radius 2 is 1.87 bits per heavy atom. The van der Waals surface area contributed by atoms with Gasteiger partial charge < -0.3 is 14.6 Å². The molecule has 1 amide bonds. The lowest BCUT2D eigenvalue weighted by Crippen LogP contribution is -2.28. The Hall–Kier alpha value is -2.75. The third kappa shape index (κ3) is 2.93. The molecule has 0 aliphatic rings. The number of aryl methyl sites for hydroxylation is 1. The molecule has 0 bridgehead atoms. The Bertz CT molecular complexity index is 837. The Morgan fingerprint density at radius 1 is 1.13 bits per heavy atom. The average molecular weight is 308 g/mol. The zero-order valence-electron chi connectivity index (χ0n) is 13.5. The van der Waals surface area contributed by atoms with Gasteiger partial charge in [-0.15, -0.1) is 0 Å². The molecule has 0 fully saturated rings. The van der Waals surface area contributed by atoms with Gasteiger partial charge in [0.15, 0.2) is 0 Å². The minimum Gasteiger partial charge on any atom is -0.497 e. The van der Waals surface area contributed by atoms with Gasteiger partial charge in [0, 0.05) is 18.0 Å². The van der Waals surface area contributed by atoms with Crippen molar-refractivity contribution >= 4 is 16.8 Å². The molecule has 0 aliphatic heterocycles. The van der Waals surface area contributed by atoms with E-state index in [1.807, 2.05) is 73.1 Å². The highest BCUT2D eigenvalue weighted by atomic mass is 16.5. The molecule has 1 aromatic heterocycles. The second-order valence-corrected chi connectivity index (χ2v) is 5.62. The van der Waals surface area contributed by atoms with Gasteiger partial charge in [-0.1, -0.05) is 30.3 Å². The highest BCUT2D eigenvalue weighted by Gasteiger charge is 2.16. The molecule has 23 heavy (non-hydrogen) atoms. The van der Waals surface area contributed by atoms with Crippen LogP contribution in [0.25, 0.3) is 10.9 Å². The second kappa shape index (κ2) is 6.16. The second-order valence-electron chi connectivity index (χ2n) is 5.62.